The fourth-order valence-corrected chi connectivity index (χ4v) is 1.47. The van der Waals surface area contributed by atoms with Gasteiger partial charge in [-0.3, -0.25) is 0 Å². The lowest BCUT2D eigenvalue weighted by molar-refractivity contribution is -0.657. The first-order chi connectivity index (χ1) is 8.20. The van der Waals surface area contributed by atoms with Gasteiger partial charge in [0, 0.05) is 5.11 Å². The Morgan fingerprint density at radius 3 is 2.33 bits per heavy atom. The quantitative estimate of drug-likeness (QED) is 0.534. The van der Waals surface area contributed by atoms with Gasteiger partial charge in [-0.2, -0.15) is 0 Å². The molecule has 0 aliphatic heterocycles. The fourth-order valence-electron chi connectivity index (χ4n) is 1.47. The van der Waals surface area contributed by atoms with E-state index in [-0.39, 0.29) is 12.4 Å². The molecule has 0 amide bonds. The minimum Gasteiger partial charge on any atom is -1.00 e. The van der Waals surface area contributed by atoms with E-state index >= 15 is 0 Å². The summed E-state index contributed by atoms with van der Waals surface area (Å²) < 4.78 is 8.90. The number of nitrogens with zero attached hydrogens (tertiary/aromatic N) is 4. The van der Waals surface area contributed by atoms with Crippen LogP contribution in [0.4, 0.5) is 11.6 Å². The molecule has 0 unspecified atom stereocenters. The number of halogens is 1. The van der Waals surface area contributed by atoms with Crippen LogP contribution in [0.2, 0.25) is 0 Å². The van der Waals surface area contributed by atoms with Crippen LogP contribution in [0.15, 0.2) is 46.9 Å². The van der Waals surface area contributed by atoms with Crippen molar-refractivity contribution >= 4 is 11.6 Å². The molecule has 2 aromatic rings. The van der Waals surface area contributed by atoms with E-state index in [2.05, 4.69) is 10.2 Å². The summed E-state index contributed by atoms with van der Waals surface area (Å²) in [4.78, 5) is 0. The average molecular weight is 267 g/mol. The van der Waals surface area contributed by atoms with Crippen molar-refractivity contribution in [1.82, 2.24) is 4.57 Å². The zero-order valence-corrected chi connectivity index (χ0v) is 11.3. The molecule has 0 saturated carbocycles. The SMILES string of the molecule is COc1ccc(N=Nc2n(C)cc[n+]2C)cc1.[Cl-]. The number of aromatic nitrogens is 2. The van der Waals surface area contributed by atoms with Crippen LogP contribution in [0.3, 0.4) is 0 Å². The highest BCUT2D eigenvalue weighted by molar-refractivity contribution is 5.40. The van der Waals surface area contributed by atoms with E-state index < -0.39 is 0 Å². The Balaban J connectivity index is 0.00000162. The third-order valence-electron chi connectivity index (χ3n) is 2.47. The molecule has 0 aliphatic carbocycles. The lowest BCUT2D eigenvalue weighted by Gasteiger charge is -1.96. The third kappa shape index (κ3) is 3.07. The number of ether oxygens (including phenoxy) is 1. The van der Waals surface area contributed by atoms with E-state index in [1.165, 1.54) is 0 Å². The normalized spacial score (nSPS) is 10.4. The van der Waals surface area contributed by atoms with Gasteiger partial charge >= 0.3 is 5.95 Å². The molecule has 0 bridgehead atoms. The zero-order valence-electron chi connectivity index (χ0n) is 10.5. The highest BCUT2D eigenvalue weighted by atomic mass is 35.5. The van der Waals surface area contributed by atoms with Gasteiger partial charge < -0.3 is 17.1 Å². The van der Waals surface area contributed by atoms with Gasteiger partial charge in [0.05, 0.1) is 33.6 Å². The number of hydrogen-bond acceptors (Lipinski definition) is 3. The molecule has 96 valence electrons. The number of aryl methyl sites for hydroxylation is 2. The first-order valence-electron chi connectivity index (χ1n) is 5.27. The fraction of sp³-hybridized carbons (Fsp3) is 0.250. The second-order valence-electron chi connectivity index (χ2n) is 3.72. The summed E-state index contributed by atoms with van der Waals surface area (Å²) in [5.74, 6) is 1.61. The highest BCUT2D eigenvalue weighted by Crippen LogP contribution is 2.19. The smallest absolute Gasteiger partial charge is 0.421 e. The van der Waals surface area contributed by atoms with Crippen molar-refractivity contribution in [2.45, 2.75) is 0 Å². The van der Waals surface area contributed by atoms with Crippen LogP contribution < -0.4 is 21.7 Å². The molecule has 0 radical (unpaired) electrons. The molecule has 0 N–H and O–H groups in total. The Kier molecular flexibility index (Phi) is 4.85. The van der Waals surface area contributed by atoms with Gasteiger partial charge in [0.2, 0.25) is 0 Å². The van der Waals surface area contributed by atoms with Crippen LogP contribution in [0.5, 0.6) is 5.75 Å². The van der Waals surface area contributed by atoms with E-state index in [0.717, 1.165) is 17.4 Å². The summed E-state index contributed by atoms with van der Waals surface area (Å²) in [5.41, 5.74) is 0.798. The molecule has 2 rings (SSSR count). The summed E-state index contributed by atoms with van der Waals surface area (Å²) in [5, 5.41) is 8.37. The maximum Gasteiger partial charge on any atom is 0.421 e. The molecule has 1 aromatic heterocycles. The molecule has 0 saturated heterocycles. The topological polar surface area (TPSA) is 42.8 Å². The van der Waals surface area contributed by atoms with Crippen LogP contribution in [-0.2, 0) is 14.1 Å². The van der Waals surface area contributed by atoms with Gasteiger partial charge in [-0.05, 0) is 24.3 Å². The molecule has 18 heavy (non-hydrogen) atoms. The third-order valence-corrected chi connectivity index (χ3v) is 2.47. The number of hydrogen-bond donors (Lipinski definition) is 0. The molecular weight excluding hydrogens is 252 g/mol. The van der Waals surface area contributed by atoms with E-state index in [4.69, 9.17) is 4.74 Å². The highest BCUT2D eigenvalue weighted by Gasteiger charge is 2.09. The maximum atomic E-state index is 5.08. The summed E-state index contributed by atoms with van der Waals surface area (Å²) >= 11 is 0. The first-order valence-corrected chi connectivity index (χ1v) is 5.27. The van der Waals surface area contributed by atoms with Gasteiger partial charge in [-0.25, -0.2) is 9.13 Å². The number of methoxy groups -OCH3 is 1. The van der Waals surface area contributed by atoms with Crippen LogP contribution in [0, 0.1) is 0 Å². The number of imidazole rings is 1. The standard InChI is InChI=1S/C12H15N4O.ClH/c1-15-8-9-16(2)12(15)14-13-10-4-6-11(17-3)7-5-10;/h4-9H,1-3H3;1H/q+1;/p-1. The van der Waals surface area contributed by atoms with Crippen molar-refractivity contribution in [3.05, 3.63) is 36.7 Å². The van der Waals surface area contributed by atoms with Crippen molar-refractivity contribution in [3.63, 3.8) is 0 Å². The molecular formula is C12H15ClN4O. The van der Waals surface area contributed by atoms with E-state index in [1.807, 2.05) is 59.9 Å². The monoisotopic (exact) mass is 266 g/mol. The Labute approximate surface area is 112 Å². The van der Waals surface area contributed by atoms with Gasteiger partial charge in [0.1, 0.15) is 11.4 Å². The molecule has 0 aliphatic rings. The summed E-state index contributed by atoms with van der Waals surface area (Å²) in [6, 6.07) is 7.45. The van der Waals surface area contributed by atoms with Crippen molar-refractivity contribution in [2.24, 2.45) is 24.3 Å². The summed E-state index contributed by atoms with van der Waals surface area (Å²) in [6.07, 6.45) is 3.87. The minimum atomic E-state index is 0. The van der Waals surface area contributed by atoms with Gasteiger partial charge in [0.15, 0.2) is 0 Å². The summed E-state index contributed by atoms with van der Waals surface area (Å²) in [6.45, 7) is 0. The van der Waals surface area contributed by atoms with E-state index in [9.17, 15) is 0 Å². The second kappa shape index (κ2) is 6.16. The van der Waals surface area contributed by atoms with Gasteiger partial charge in [-0.1, -0.05) is 5.11 Å². The largest absolute Gasteiger partial charge is 1.00 e. The van der Waals surface area contributed by atoms with Gasteiger partial charge in [-0.15, -0.1) is 0 Å². The maximum absolute atomic E-state index is 5.08. The summed E-state index contributed by atoms with van der Waals surface area (Å²) in [7, 11) is 5.51. The average Bonchev–Trinajstić information content (AvgIpc) is 2.67. The Bertz CT molecular complexity index is 514. The minimum absolute atomic E-state index is 0. The van der Waals surface area contributed by atoms with Crippen LogP contribution in [0.25, 0.3) is 0 Å². The van der Waals surface area contributed by atoms with Crippen LogP contribution >= 0.6 is 0 Å². The lowest BCUT2D eigenvalue weighted by atomic mass is 10.3. The first kappa shape index (κ1) is 14.2. The predicted molar refractivity (Wildman–Crippen MR) is 63.8 cm³/mol. The number of rotatable bonds is 3. The van der Waals surface area contributed by atoms with Gasteiger partial charge in [0.25, 0.3) is 0 Å². The lowest BCUT2D eigenvalue weighted by Crippen LogP contribution is -3.00. The molecule has 0 fully saturated rings. The Morgan fingerprint density at radius 2 is 1.83 bits per heavy atom. The van der Waals surface area contributed by atoms with Crippen LogP contribution in [0.1, 0.15) is 0 Å². The second-order valence-corrected chi connectivity index (χ2v) is 3.72. The molecule has 6 heteroatoms. The molecule has 1 heterocycles. The number of benzene rings is 1. The Morgan fingerprint density at radius 1 is 1.17 bits per heavy atom. The molecule has 1 aromatic carbocycles. The van der Waals surface area contributed by atoms with Crippen molar-refractivity contribution in [1.29, 1.82) is 0 Å². The van der Waals surface area contributed by atoms with Crippen molar-refractivity contribution in [2.75, 3.05) is 7.11 Å². The molecule has 5 nitrogen and oxygen atoms in total. The van der Waals surface area contributed by atoms with E-state index in [0.29, 0.717) is 0 Å². The Hall–Kier alpha value is -1.88. The molecule has 0 spiro atoms. The van der Waals surface area contributed by atoms with Crippen molar-refractivity contribution in [3.8, 4) is 5.75 Å². The number of azo groups is 1. The zero-order chi connectivity index (χ0) is 12.3. The predicted octanol–water partition coefficient (Wildman–Crippen LogP) is -0.722. The molecule has 0 atom stereocenters. The van der Waals surface area contributed by atoms with E-state index in [1.54, 1.807) is 7.11 Å². The van der Waals surface area contributed by atoms with Crippen LogP contribution in [-0.4, -0.2) is 11.7 Å². The van der Waals surface area contributed by atoms with Crippen molar-refractivity contribution < 1.29 is 21.7 Å².